The van der Waals surface area contributed by atoms with Crippen molar-refractivity contribution in [2.45, 2.75) is 38.0 Å². The van der Waals surface area contributed by atoms with Crippen LogP contribution in [-0.2, 0) is 15.4 Å². The van der Waals surface area contributed by atoms with Gasteiger partial charge in [0.05, 0.1) is 18.8 Å². The predicted octanol–water partition coefficient (Wildman–Crippen LogP) is -0.849. The molecule has 0 heterocycles. The Morgan fingerprint density at radius 3 is 2.83 bits per heavy atom. The van der Waals surface area contributed by atoms with E-state index in [9.17, 15) is 14.4 Å². The molecule has 0 aromatic heterocycles. The van der Waals surface area contributed by atoms with Gasteiger partial charge in [0.15, 0.2) is 0 Å². The van der Waals surface area contributed by atoms with E-state index < -0.39 is 29.5 Å². The fourth-order valence-electron chi connectivity index (χ4n) is 2.03. The van der Waals surface area contributed by atoms with Crippen LogP contribution in [0.25, 0.3) is 0 Å². The zero-order valence-electron chi connectivity index (χ0n) is 10.2. The highest BCUT2D eigenvalue weighted by Gasteiger charge is 2.41. The minimum absolute atomic E-state index is 0.0248. The summed E-state index contributed by atoms with van der Waals surface area (Å²) in [5.41, 5.74) is 0.727. The van der Waals surface area contributed by atoms with E-state index in [2.05, 4.69) is 4.99 Å². The number of aliphatic hydroxyl groups is 2. The SMILES string of the molecule is CC(CC=N)=NC1CC(COS(N)=O)C(O)C1O. The van der Waals surface area contributed by atoms with Crippen LogP contribution in [0, 0.1) is 11.3 Å². The van der Waals surface area contributed by atoms with Crippen molar-refractivity contribution in [3.63, 3.8) is 0 Å². The van der Waals surface area contributed by atoms with Gasteiger partial charge in [-0.15, -0.1) is 0 Å². The van der Waals surface area contributed by atoms with Gasteiger partial charge in [0.2, 0.25) is 11.3 Å². The van der Waals surface area contributed by atoms with E-state index in [0.717, 1.165) is 5.71 Å². The predicted molar refractivity (Wildman–Crippen MR) is 68.7 cm³/mol. The molecule has 1 aliphatic carbocycles. The lowest BCUT2D eigenvalue weighted by Crippen LogP contribution is -2.31. The smallest absolute Gasteiger partial charge is 0.231 e. The van der Waals surface area contributed by atoms with Crippen LogP contribution in [0.15, 0.2) is 4.99 Å². The zero-order chi connectivity index (χ0) is 13.7. The number of hydrogen-bond acceptors (Lipinski definition) is 6. The second-order valence-corrected chi connectivity index (χ2v) is 5.12. The highest BCUT2D eigenvalue weighted by molar-refractivity contribution is 7.77. The first-order chi connectivity index (χ1) is 8.45. The first-order valence-corrected chi connectivity index (χ1v) is 6.77. The summed E-state index contributed by atoms with van der Waals surface area (Å²) in [7, 11) is 0. The molecule has 8 heteroatoms. The molecule has 0 amide bonds. The van der Waals surface area contributed by atoms with Crippen LogP contribution < -0.4 is 5.14 Å². The Balaban J connectivity index is 2.60. The Hall–Kier alpha value is -0.670. The Morgan fingerprint density at radius 2 is 2.28 bits per heavy atom. The van der Waals surface area contributed by atoms with Crippen LogP contribution in [0.5, 0.6) is 0 Å². The molecule has 5 unspecified atom stereocenters. The van der Waals surface area contributed by atoms with E-state index >= 15 is 0 Å². The topological polar surface area (TPSA) is 129 Å². The van der Waals surface area contributed by atoms with Gasteiger partial charge < -0.3 is 15.6 Å². The fraction of sp³-hybridized carbons (Fsp3) is 0.800. The molecule has 1 rings (SSSR count). The summed E-state index contributed by atoms with van der Waals surface area (Å²) in [5.74, 6) is -0.339. The van der Waals surface area contributed by atoms with E-state index in [1.165, 1.54) is 6.21 Å². The van der Waals surface area contributed by atoms with E-state index in [0.29, 0.717) is 12.8 Å². The van der Waals surface area contributed by atoms with E-state index in [-0.39, 0.29) is 12.5 Å². The van der Waals surface area contributed by atoms with Crippen LogP contribution in [0.4, 0.5) is 0 Å². The molecule has 1 fully saturated rings. The van der Waals surface area contributed by atoms with Gasteiger partial charge in [-0.3, -0.25) is 9.18 Å². The summed E-state index contributed by atoms with van der Waals surface area (Å²) in [6.07, 6.45) is 0.164. The summed E-state index contributed by atoms with van der Waals surface area (Å²) < 4.78 is 15.3. The molecular weight excluding hydrogens is 258 g/mol. The molecule has 5 N–H and O–H groups in total. The lowest BCUT2D eigenvalue weighted by Gasteiger charge is -2.15. The number of rotatable bonds is 6. The molecule has 1 aliphatic rings. The van der Waals surface area contributed by atoms with Crippen molar-refractivity contribution in [2.24, 2.45) is 16.0 Å². The van der Waals surface area contributed by atoms with Gasteiger partial charge in [0.25, 0.3) is 0 Å². The maximum Gasteiger partial charge on any atom is 0.231 e. The van der Waals surface area contributed by atoms with Crippen molar-refractivity contribution in [1.29, 1.82) is 5.41 Å². The lowest BCUT2D eigenvalue weighted by molar-refractivity contribution is 0.00696. The molecule has 0 radical (unpaired) electrons. The standard InChI is InChI=1S/C10H19N3O4S/c1-6(2-3-11)13-8-4-7(5-17-18(12)16)9(14)10(8)15/h3,7-11,14-15H,2,4-5,12H2,1H3. The number of aliphatic imine (C=N–C) groups is 1. The number of aliphatic hydroxyl groups excluding tert-OH is 2. The summed E-state index contributed by atoms with van der Waals surface area (Å²) in [4.78, 5) is 4.27. The first-order valence-electron chi connectivity index (χ1n) is 5.63. The molecule has 0 spiro atoms. The van der Waals surface area contributed by atoms with Crippen LogP contribution in [0.1, 0.15) is 19.8 Å². The van der Waals surface area contributed by atoms with Gasteiger partial charge in [-0.2, -0.15) is 0 Å². The summed E-state index contributed by atoms with van der Waals surface area (Å²) in [6, 6.07) is -0.417. The second kappa shape index (κ2) is 7.05. The summed E-state index contributed by atoms with van der Waals surface area (Å²) in [6.45, 7) is 1.79. The highest BCUT2D eigenvalue weighted by atomic mass is 32.2. The van der Waals surface area contributed by atoms with Gasteiger partial charge >= 0.3 is 0 Å². The average molecular weight is 277 g/mol. The minimum atomic E-state index is -1.87. The number of nitrogens with two attached hydrogens (primary N) is 1. The van der Waals surface area contributed by atoms with E-state index in [1.807, 2.05) is 0 Å². The molecule has 0 saturated heterocycles. The van der Waals surface area contributed by atoms with Crippen LogP contribution >= 0.6 is 0 Å². The van der Waals surface area contributed by atoms with Gasteiger partial charge in [0.1, 0.15) is 6.10 Å². The molecular formula is C10H19N3O4S. The van der Waals surface area contributed by atoms with Gasteiger partial charge in [0, 0.05) is 24.3 Å². The van der Waals surface area contributed by atoms with Crippen molar-refractivity contribution in [3.05, 3.63) is 0 Å². The third-order valence-corrected chi connectivity index (χ3v) is 3.32. The van der Waals surface area contributed by atoms with E-state index in [4.69, 9.17) is 14.7 Å². The van der Waals surface area contributed by atoms with Crippen molar-refractivity contribution in [2.75, 3.05) is 6.61 Å². The van der Waals surface area contributed by atoms with Crippen LogP contribution in [0.3, 0.4) is 0 Å². The van der Waals surface area contributed by atoms with Gasteiger partial charge in [-0.1, -0.05) is 0 Å². The van der Waals surface area contributed by atoms with Crippen molar-refractivity contribution in [3.8, 4) is 0 Å². The van der Waals surface area contributed by atoms with Gasteiger partial charge in [-0.05, 0) is 13.3 Å². The van der Waals surface area contributed by atoms with Crippen molar-refractivity contribution < 1.29 is 18.6 Å². The molecule has 7 nitrogen and oxygen atoms in total. The zero-order valence-corrected chi connectivity index (χ0v) is 11.0. The van der Waals surface area contributed by atoms with E-state index in [1.54, 1.807) is 6.92 Å². The number of hydrogen-bond donors (Lipinski definition) is 4. The average Bonchev–Trinajstić information content (AvgIpc) is 2.55. The van der Waals surface area contributed by atoms with Gasteiger partial charge in [-0.25, -0.2) is 9.35 Å². The monoisotopic (exact) mass is 277 g/mol. The maximum absolute atomic E-state index is 10.6. The Labute approximate surface area is 108 Å². The maximum atomic E-state index is 10.6. The molecule has 18 heavy (non-hydrogen) atoms. The molecule has 1 saturated carbocycles. The summed E-state index contributed by atoms with van der Waals surface area (Å²) in [5, 5.41) is 31.6. The summed E-state index contributed by atoms with van der Waals surface area (Å²) >= 11 is -1.87. The molecule has 0 aromatic carbocycles. The Morgan fingerprint density at radius 1 is 1.61 bits per heavy atom. The minimum Gasteiger partial charge on any atom is -0.390 e. The quantitative estimate of drug-likeness (QED) is 0.471. The third kappa shape index (κ3) is 4.21. The molecule has 5 atom stereocenters. The Bertz CT molecular complexity index is 350. The van der Waals surface area contributed by atoms with Crippen LogP contribution in [0.2, 0.25) is 0 Å². The Kier molecular flexibility index (Phi) is 6.03. The second-order valence-electron chi connectivity index (χ2n) is 4.36. The highest BCUT2D eigenvalue weighted by Crippen LogP contribution is 2.29. The third-order valence-electron chi connectivity index (χ3n) is 2.95. The number of nitrogens with one attached hydrogen (secondary N) is 1. The molecule has 0 aromatic rings. The lowest BCUT2D eigenvalue weighted by atomic mass is 10.1. The first kappa shape index (κ1) is 15.4. The largest absolute Gasteiger partial charge is 0.390 e. The van der Waals surface area contributed by atoms with Crippen LogP contribution in [-0.4, -0.2) is 51.2 Å². The van der Waals surface area contributed by atoms with Crippen molar-refractivity contribution >= 4 is 23.2 Å². The molecule has 104 valence electrons. The molecule has 0 aliphatic heterocycles. The van der Waals surface area contributed by atoms with Crippen molar-refractivity contribution in [1.82, 2.24) is 0 Å². The number of nitrogens with zero attached hydrogens (tertiary/aromatic N) is 1. The molecule has 0 bridgehead atoms. The normalized spacial score (nSPS) is 34.6. The fourth-order valence-corrected chi connectivity index (χ4v) is 2.34.